The molecule has 1 aliphatic rings. The van der Waals surface area contributed by atoms with Crippen LogP contribution in [-0.4, -0.2) is 4.98 Å². The van der Waals surface area contributed by atoms with Crippen LogP contribution in [0.4, 0.5) is 0 Å². The molecule has 0 amide bonds. The molecule has 0 spiro atoms. The van der Waals surface area contributed by atoms with E-state index in [2.05, 4.69) is 87.5 Å². The molecule has 0 N–H and O–H groups in total. The molecule has 156 valence electrons. The van der Waals surface area contributed by atoms with Gasteiger partial charge in [-0.05, 0) is 91.1 Å². The average molecular weight is 406 g/mol. The molecule has 5 rings (SSSR count). The number of nitrogens with zero attached hydrogens (tertiary/aromatic N) is 1. The summed E-state index contributed by atoms with van der Waals surface area (Å²) >= 11 is 0. The van der Waals surface area contributed by atoms with Crippen molar-refractivity contribution in [3.8, 4) is 22.4 Å². The summed E-state index contributed by atoms with van der Waals surface area (Å²) in [7, 11) is 0. The lowest BCUT2D eigenvalue weighted by Gasteiger charge is -2.22. The Morgan fingerprint density at radius 2 is 1.39 bits per heavy atom. The van der Waals surface area contributed by atoms with Crippen molar-refractivity contribution >= 4 is 10.9 Å². The molecule has 0 atom stereocenters. The van der Waals surface area contributed by atoms with Crippen LogP contribution in [0.1, 0.15) is 60.3 Å². The smallest absolute Gasteiger partial charge is 0.0717 e. The maximum absolute atomic E-state index is 5.04. The molecule has 0 saturated heterocycles. The van der Waals surface area contributed by atoms with Gasteiger partial charge in [-0.15, -0.1) is 0 Å². The third-order valence-electron chi connectivity index (χ3n) is 6.93. The van der Waals surface area contributed by atoms with E-state index in [0.717, 1.165) is 17.1 Å². The normalized spacial score (nSPS) is 14.8. The van der Waals surface area contributed by atoms with E-state index >= 15 is 0 Å². The lowest BCUT2D eigenvalue weighted by atomic mass is 9.83. The van der Waals surface area contributed by atoms with Gasteiger partial charge in [-0.1, -0.05) is 67.8 Å². The first-order valence-electron chi connectivity index (χ1n) is 11.7. The zero-order valence-electron chi connectivity index (χ0n) is 18.9. The van der Waals surface area contributed by atoms with E-state index in [0.29, 0.717) is 0 Å². The number of hydrogen-bond acceptors (Lipinski definition) is 1. The van der Waals surface area contributed by atoms with Gasteiger partial charge in [-0.2, -0.15) is 0 Å². The molecule has 1 heteroatoms. The summed E-state index contributed by atoms with van der Waals surface area (Å²) < 4.78 is 0. The number of fused-ring (bicyclic) bond motifs is 1. The van der Waals surface area contributed by atoms with Crippen LogP contribution in [0.25, 0.3) is 33.3 Å². The Morgan fingerprint density at radius 3 is 2.16 bits per heavy atom. The van der Waals surface area contributed by atoms with Gasteiger partial charge in [0.2, 0.25) is 0 Å². The maximum Gasteiger partial charge on any atom is 0.0717 e. The Labute approximate surface area is 186 Å². The second kappa shape index (κ2) is 8.30. The van der Waals surface area contributed by atoms with Gasteiger partial charge in [0.25, 0.3) is 0 Å². The van der Waals surface area contributed by atoms with E-state index in [4.69, 9.17) is 4.98 Å². The molecule has 0 bridgehead atoms. The lowest BCUT2D eigenvalue weighted by molar-refractivity contribution is 0.443. The van der Waals surface area contributed by atoms with E-state index < -0.39 is 0 Å². The van der Waals surface area contributed by atoms with Crippen molar-refractivity contribution < 1.29 is 0 Å². The molecule has 1 aliphatic carbocycles. The standard InChI is InChI=1S/C30H31N/c1-20-16-21(2)30-22(3)18-28(31-29(30)17-20)27-11-7-10-26(19-27)25-14-12-24(13-15-25)23-8-5-4-6-9-23/h7,10-19,23H,4-6,8-9H2,1-3H3. The van der Waals surface area contributed by atoms with Crippen molar-refractivity contribution in [3.63, 3.8) is 0 Å². The first-order valence-corrected chi connectivity index (χ1v) is 11.7. The fourth-order valence-electron chi connectivity index (χ4n) is 5.38. The van der Waals surface area contributed by atoms with Gasteiger partial charge in [0.1, 0.15) is 0 Å². The summed E-state index contributed by atoms with van der Waals surface area (Å²) in [5.41, 5.74) is 11.2. The second-order valence-corrected chi connectivity index (χ2v) is 9.34. The molecule has 1 nitrogen and oxygen atoms in total. The van der Waals surface area contributed by atoms with Gasteiger partial charge in [0.05, 0.1) is 11.2 Å². The molecule has 0 unspecified atom stereocenters. The summed E-state index contributed by atoms with van der Waals surface area (Å²) in [6.45, 7) is 6.53. The van der Waals surface area contributed by atoms with Crippen LogP contribution in [0, 0.1) is 20.8 Å². The monoisotopic (exact) mass is 405 g/mol. The third-order valence-corrected chi connectivity index (χ3v) is 6.93. The summed E-state index contributed by atoms with van der Waals surface area (Å²) in [6, 6.07) is 24.8. The Balaban J connectivity index is 1.49. The number of hydrogen-bond donors (Lipinski definition) is 0. The molecule has 1 heterocycles. The molecule has 1 fully saturated rings. The fourth-order valence-corrected chi connectivity index (χ4v) is 5.38. The SMILES string of the molecule is Cc1cc(C)c2c(C)cc(-c3cccc(-c4ccc(C5CCCCC5)cc4)c3)nc2c1. The molecule has 1 aromatic heterocycles. The number of aromatic nitrogens is 1. The van der Waals surface area contributed by atoms with Crippen LogP contribution >= 0.6 is 0 Å². The molecule has 3 aromatic carbocycles. The minimum atomic E-state index is 0.755. The molecular formula is C30H31N. The first-order chi connectivity index (χ1) is 15.1. The minimum Gasteiger partial charge on any atom is -0.248 e. The molecule has 31 heavy (non-hydrogen) atoms. The highest BCUT2D eigenvalue weighted by Crippen LogP contribution is 2.34. The Hall–Kier alpha value is -2.93. The second-order valence-electron chi connectivity index (χ2n) is 9.34. The molecule has 0 aliphatic heterocycles. The van der Waals surface area contributed by atoms with Crippen molar-refractivity contribution in [2.45, 2.75) is 58.8 Å². The van der Waals surface area contributed by atoms with Gasteiger partial charge in [-0.3, -0.25) is 0 Å². The summed E-state index contributed by atoms with van der Waals surface area (Å²) in [6.07, 6.45) is 6.86. The summed E-state index contributed by atoms with van der Waals surface area (Å²) in [5.74, 6) is 0.755. The maximum atomic E-state index is 5.04. The highest BCUT2D eigenvalue weighted by atomic mass is 14.7. The quantitative estimate of drug-likeness (QED) is 0.333. The Bertz CT molecular complexity index is 1230. The van der Waals surface area contributed by atoms with Gasteiger partial charge < -0.3 is 0 Å². The summed E-state index contributed by atoms with van der Waals surface area (Å²) in [4.78, 5) is 5.04. The van der Waals surface area contributed by atoms with Crippen LogP contribution in [0.3, 0.4) is 0 Å². The number of pyridine rings is 1. The zero-order chi connectivity index (χ0) is 21.4. The highest BCUT2D eigenvalue weighted by Gasteiger charge is 2.15. The van der Waals surface area contributed by atoms with E-state index in [-0.39, 0.29) is 0 Å². The van der Waals surface area contributed by atoms with E-state index in [1.807, 2.05) is 0 Å². The van der Waals surface area contributed by atoms with E-state index in [1.54, 1.807) is 0 Å². The van der Waals surface area contributed by atoms with Gasteiger partial charge in [0, 0.05) is 10.9 Å². The van der Waals surface area contributed by atoms with Gasteiger partial charge in [-0.25, -0.2) is 4.98 Å². The van der Waals surface area contributed by atoms with Crippen LogP contribution in [-0.2, 0) is 0 Å². The topological polar surface area (TPSA) is 12.9 Å². The highest BCUT2D eigenvalue weighted by molar-refractivity contribution is 5.88. The van der Waals surface area contributed by atoms with Crippen molar-refractivity contribution in [1.29, 1.82) is 0 Å². The number of benzene rings is 3. The molecule has 4 aromatic rings. The number of rotatable bonds is 3. The zero-order valence-corrected chi connectivity index (χ0v) is 18.9. The fraction of sp³-hybridized carbons (Fsp3) is 0.300. The predicted molar refractivity (Wildman–Crippen MR) is 133 cm³/mol. The molecule has 0 radical (unpaired) electrons. The predicted octanol–water partition coefficient (Wildman–Crippen LogP) is 8.54. The number of aryl methyl sites for hydroxylation is 3. The van der Waals surface area contributed by atoms with Gasteiger partial charge in [0.15, 0.2) is 0 Å². The minimum absolute atomic E-state index is 0.755. The molecular weight excluding hydrogens is 374 g/mol. The largest absolute Gasteiger partial charge is 0.248 e. The third kappa shape index (κ3) is 4.02. The summed E-state index contributed by atoms with van der Waals surface area (Å²) in [5, 5.41) is 1.28. The van der Waals surface area contributed by atoms with Crippen LogP contribution in [0.15, 0.2) is 66.7 Å². The first kappa shape index (κ1) is 20.0. The Morgan fingerprint density at radius 1 is 0.677 bits per heavy atom. The Kier molecular flexibility index (Phi) is 5.36. The van der Waals surface area contributed by atoms with Crippen LogP contribution < -0.4 is 0 Å². The van der Waals surface area contributed by atoms with Crippen LogP contribution in [0.5, 0.6) is 0 Å². The van der Waals surface area contributed by atoms with Crippen molar-refractivity contribution in [2.75, 3.05) is 0 Å². The van der Waals surface area contributed by atoms with E-state index in [9.17, 15) is 0 Å². The van der Waals surface area contributed by atoms with Crippen molar-refractivity contribution in [1.82, 2.24) is 4.98 Å². The van der Waals surface area contributed by atoms with Crippen LogP contribution in [0.2, 0.25) is 0 Å². The van der Waals surface area contributed by atoms with Gasteiger partial charge >= 0.3 is 0 Å². The van der Waals surface area contributed by atoms with Crippen molar-refractivity contribution in [2.24, 2.45) is 0 Å². The van der Waals surface area contributed by atoms with Crippen molar-refractivity contribution in [3.05, 3.63) is 89.0 Å². The lowest BCUT2D eigenvalue weighted by Crippen LogP contribution is -2.04. The van der Waals surface area contributed by atoms with E-state index in [1.165, 1.54) is 76.4 Å². The average Bonchev–Trinajstić information content (AvgIpc) is 2.79. The molecule has 1 saturated carbocycles.